The van der Waals surface area contributed by atoms with Crippen LogP contribution >= 0.6 is 0 Å². The summed E-state index contributed by atoms with van der Waals surface area (Å²) in [5, 5.41) is 4.60. The summed E-state index contributed by atoms with van der Waals surface area (Å²) in [6.45, 7) is 3.91. The number of hydrogen-bond donors (Lipinski definition) is 0. The molecule has 340 valence electrons. The molecule has 0 saturated heterocycles. The summed E-state index contributed by atoms with van der Waals surface area (Å²) in [6.07, 6.45) is 6.78. The monoisotopic (exact) mass is 1230 g/mol. The van der Waals surface area contributed by atoms with Gasteiger partial charge in [-0.2, -0.15) is 60.7 Å². The minimum Gasteiger partial charge on any atom is -0.487 e. The molecule has 0 fully saturated rings. The van der Waals surface area contributed by atoms with Crippen molar-refractivity contribution in [3.8, 4) is 0 Å². The van der Waals surface area contributed by atoms with Crippen LogP contribution < -0.4 is 39.4 Å². The summed E-state index contributed by atoms with van der Waals surface area (Å²) in [5.41, 5.74) is 5.61. The quantitative estimate of drug-likeness (QED) is 0.156. The molecule has 8 heterocycles. The maximum atomic E-state index is 4.53. The molecule has 2 aliphatic rings. The topological polar surface area (TPSA) is 125 Å². The van der Waals surface area contributed by atoms with E-state index < -0.39 is 0 Å². The molecule has 0 radical (unpaired) electrons. The van der Waals surface area contributed by atoms with Gasteiger partial charge in [-0.1, -0.05) is 60.7 Å². The summed E-state index contributed by atoms with van der Waals surface area (Å²) >= 11 is 0. The molecule has 0 amide bonds. The molecule has 0 aliphatic carbocycles. The Morgan fingerprint density at radius 3 is 1.21 bits per heavy atom. The fourth-order valence-corrected chi connectivity index (χ4v) is 7.26. The van der Waals surface area contributed by atoms with E-state index in [2.05, 4.69) is 76.3 Å². The zero-order valence-electron chi connectivity index (χ0n) is 36.9. The van der Waals surface area contributed by atoms with Crippen LogP contribution in [0.2, 0.25) is 0 Å². The minimum atomic E-state index is 0. The first-order chi connectivity index (χ1) is 31.2. The minimum absolute atomic E-state index is 0. The first-order valence-corrected chi connectivity index (χ1v) is 20.5. The summed E-state index contributed by atoms with van der Waals surface area (Å²) in [4.78, 5) is 47.2. The SMILES string of the molecule is CN(C)c1ccc2c(n1)[n-]c1ccccc12.CN(C)c1ccc2c(n1)[n-]c1ccccc12.CN1[CH-]N(c2[c-]cccc2)c2nccnc21.CN1[CH-]N(c2[c-]cccc2)c2nccnc21.[Pt].[Pt]. The fourth-order valence-electron chi connectivity index (χ4n) is 7.26. The number of hydrogen-bond acceptors (Lipinski definition) is 12. The Kier molecular flexibility index (Phi) is 15.0. The zero-order valence-corrected chi connectivity index (χ0v) is 41.4. The van der Waals surface area contributed by atoms with Gasteiger partial charge < -0.3 is 49.3 Å². The third kappa shape index (κ3) is 9.85. The number of para-hydroxylation sites is 4. The summed E-state index contributed by atoms with van der Waals surface area (Å²) < 4.78 is 0. The second-order valence-electron chi connectivity index (χ2n) is 15.2. The van der Waals surface area contributed by atoms with Crippen LogP contribution in [0.3, 0.4) is 0 Å². The van der Waals surface area contributed by atoms with Gasteiger partial charge in [0.1, 0.15) is 23.3 Å². The van der Waals surface area contributed by atoms with Crippen molar-refractivity contribution in [2.24, 2.45) is 0 Å². The average molecular weight is 1230 g/mol. The molecular formula is C50H44N14Pt2-6. The standard InChI is InChI=1S/2C13H12N3.2C12H10N4.2Pt/c2*1-16(2)12-8-7-10-9-5-3-4-6-11(9)14-13(10)15-12;2*1-15-9-16(10-5-3-2-4-6-10)12-11(15)13-7-8-14-12;;/h2*3-8H,1-2H3;2*2-5,7-9H,1H3;;/q2*-1;2*-2;;. The molecule has 12 rings (SSSR count). The van der Waals surface area contributed by atoms with E-state index in [-0.39, 0.29) is 42.1 Å². The van der Waals surface area contributed by atoms with Gasteiger partial charge in [0, 0.05) is 107 Å². The van der Waals surface area contributed by atoms with Gasteiger partial charge in [-0.3, -0.25) is 0 Å². The molecule has 16 heteroatoms. The molecule has 0 N–H and O–H groups in total. The van der Waals surface area contributed by atoms with Crippen LogP contribution in [0.5, 0.6) is 0 Å². The molecule has 4 aromatic carbocycles. The maximum Gasteiger partial charge on any atom is 0.143 e. The number of nitrogens with zero attached hydrogens (tertiary/aromatic N) is 14. The summed E-state index contributed by atoms with van der Waals surface area (Å²) in [7, 11) is 11.8. The van der Waals surface area contributed by atoms with Crippen LogP contribution in [-0.2, 0) is 42.1 Å². The third-order valence-electron chi connectivity index (χ3n) is 10.4. The molecule has 10 aromatic rings. The van der Waals surface area contributed by atoms with E-state index in [9.17, 15) is 0 Å². The van der Waals surface area contributed by atoms with Crippen molar-refractivity contribution in [3.05, 3.63) is 172 Å². The van der Waals surface area contributed by atoms with Crippen molar-refractivity contribution >= 4 is 90.2 Å². The molecule has 0 unspecified atom stereocenters. The first-order valence-electron chi connectivity index (χ1n) is 20.5. The van der Waals surface area contributed by atoms with Crippen molar-refractivity contribution < 1.29 is 42.1 Å². The van der Waals surface area contributed by atoms with Crippen molar-refractivity contribution in [2.45, 2.75) is 0 Å². The molecule has 0 saturated carbocycles. The second kappa shape index (κ2) is 21.0. The van der Waals surface area contributed by atoms with Gasteiger partial charge in [-0.15, -0.1) is 24.7 Å². The predicted molar refractivity (Wildman–Crippen MR) is 258 cm³/mol. The second-order valence-corrected chi connectivity index (χ2v) is 15.2. The Morgan fingerprint density at radius 2 is 0.833 bits per heavy atom. The van der Waals surface area contributed by atoms with Crippen LogP contribution in [-0.4, -0.2) is 72.2 Å². The van der Waals surface area contributed by atoms with E-state index in [1.807, 2.05) is 182 Å². The number of anilines is 8. The van der Waals surface area contributed by atoms with Gasteiger partial charge in [-0.25, -0.2) is 19.9 Å². The fraction of sp³-hybridized carbons (Fsp3) is 0.120. The largest absolute Gasteiger partial charge is 0.487 e. The van der Waals surface area contributed by atoms with Crippen LogP contribution in [0.4, 0.5) is 46.3 Å². The van der Waals surface area contributed by atoms with Gasteiger partial charge in [0.25, 0.3) is 0 Å². The number of fused-ring (bicyclic) bond motifs is 8. The van der Waals surface area contributed by atoms with E-state index in [0.717, 1.165) is 79.4 Å². The van der Waals surface area contributed by atoms with E-state index in [0.29, 0.717) is 0 Å². The molecule has 0 atom stereocenters. The van der Waals surface area contributed by atoms with Crippen LogP contribution in [0, 0.1) is 25.5 Å². The van der Waals surface area contributed by atoms with Gasteiger partial charge in [0.05, 0.1) is 0 Å². The van der Waals surface area contributed by atoms with Crippen molar-refractivity contribution in [3.63, 3.8) is 0 Å². The van der Waals surface area contributed by atoms with E-state index in [1.165, 1.54) is 10.8 Å². The predicted octanol–water partition coefficient (Wildman–Crippen LogP) is 8.79. The summed E-state index contributed by atoms with van der Waals surface area (Å²) in [6, 6.07) is 46.5. The average Bonchev–Trinajstić information content (AvgIpc) is 4.10. The van der Waals surface area contributed by atoms with Crippen LogP contribution in [0.25, 0.3) is 43.9 Å². The van der Waals surface area contributed by atoms with Crippen molar-refractivity contribution in [2.75, 3.05) is 71.7 Å². The number of aromatic nitrogens is 8. The molecule has 6 aromatic heterocycles. The molecule has 14 nitrogen and oxygen atoms in total. The Bertz CT molecular complexity index is 2950. The Balaban J connectivity index is 0.000000130. The van der Waals surface area contributed by atoms with Crippen molar-refractivity contribution in [1.82, 2.24) is 39.9 Å². The zero-order chi connectivity index (χ0) is 44.2. The van der Waals surface area contributed by atoms with Crippen molar-refractivity contribution in [1.29, 1.82) is 0 Å². The Hall–Kier alpha value is -6.88. The number of rotatable bonds is 4. The van der Waals surface area contributed by atoms with Gasteiger partial charge in [-0.05, 0) is 70.1 Å². The smallest absolute Gasteiger partial charge is 0.143 e. The van der Waals surface area contributed by atoms with Gasteiger partial charge in [0.2, 0.25) is 0 Å². The molecule has 0 spiro atoms. The number of pyridine rings is 2. The van der Waals surface area contributed by atoms with E-state index >= 15 is 0 Å². The summed E-state index contributed by atoms with van der Waals surface area (Å²) in [5.74, 6) is 5.28. The van der Waals surface area contributed by atoms with E-state index in [1.54, 1.807) is 24.8 Å². The maximum absolute atomic E-state index is 4.53. The van der Waals surface area contributed by atoms with Gasteiger partial charge >= 0.3 is 0 Å². The van der Waals surface area contributed by atoms with Crippen LogP contribution in [0.15, 0.2) is 146 Å². The normalized spacial score (nSPS) is 12.2. The van der Waals surface area contributed by atoms with E-state index in [4.69, 9.17) is 0 Å². The molecular weight excluding hydrogens is 1190 g/mol. The third-order valence-corrected chi connectivity index (χ3v) is 10.4. The Labute approximate surface area is 412 Å². The molecule has 66 heavy (non-hydrogen) atoms. The Morgan fingerprint density at radius 1 is 0.455 bits per heavy atom. The van der Waals surface area contributed by atoms with Crippen LogP contribution in [0.1, 0.15) is 0 Å². The molecule has 0 bridgehead atoms. The van der Waals surface area contributed by atoms with Gasteiger partial charge in [0.15, 0.2) is 0 Å². The number of benzene rings is 4. The first kappa shape index (κ1) is 47.1. The molecule has 2 aliphatic heterocycles.